The van der Waals surface area contributed by atoms with Crippen molar-refractivity contribution in [3.05, 3.63) is 62.1 Å². The smallest absolute Gasteiger partial charge is 0.422 e. The molecule has 1 atom stereocenters. The van der Waals surface area contributed by atoms with Crippen LogP contribution >= 0.6 is 34.8 Å². The molecule has 0 unspecified atom stereocenters. The molecule has 30 heavy (non-hydrogen) atoms. The summed E-state index contributed by atoms with van der Waals surface area (Å²) in [6, 6.07) is 7.63. The van der Waals surface area contributed by atoms with Crippen LogP contribution < -0.4 is 5.46 Å². The average Bonchev–Trinajstić information content (AvgIpc) is 3.20. The van der Waals surface area contributed by atoms with Gasteiger partial charge in [-0.15, -0.1) is 0 Å². The SMILES string of the molecule is CB1OC(C)(C)c2cc(C3=NO[C@@](c4cc(Cl)c(Cl)c(Cl)c4)(C(F)(F)F)C3)ccc21. The molecule has 0 spiro atoms. The molecule has 2 aromatic carbocycles. The lowest BCUT2D eigenvalue weighted by molar-refractivity contribution is -0.275. The number of halogens is 6. The summed E-state index contributed by atoms with van der Waals surface area (Å²) >= 11 is 17.9. The summed E-state index contributed by atoms with van der Waals surface area (Å²) in [5.41, 5.74) is -0.892. The molecule has 3 nitrogen and oxygen atoms in total. The Morgan fingerprint density at radius 1 is 1.07 bits per heavy atom. The summed E-state index contributed by atoms with van der Waals surface area (Å²) in [5.74, 6) is 0. The Balaban J connectivity index is 1.76. The lowest BCUT2D eigenvalue weighted by Crippen LogP contribution is -2.42. The maximum absolute atomic E-state index is 14.2. The van der Waals surface area contributed by atoms with E-state index in [0.29, 0.717) is 5.56 Å². The van der Waals surface area contributed by atoms with Crippen molar-refractivity contribution in [1.29, 1.82) is 0 Å². The average molecular weight is 477 g/mol. The molecule has 4 rings (SSSR count). The van der Waals surface area contributed by atoms with Gasteiger partial charge in [0.25, 0.3) is 5.60 Å². The van der Waals surface area contributed by atoms with Crippen molar-refractivity contribution >= 4 is 52.9 Å². The topological polar surface area (TPSA) is 30.8 Å². The van der Waals surface area contributed by atoms with Crippen LogP contribution in [0.5, 0.6) is 0 Å². The van der Waals surface area contributed by atoms with Crippen LogP contribution in [0.4, 0.5) is 13.2 Å². The van der Waals surface area contributed by atoms with Gasteiger partial charge >= 0.3 is 13.1 Å². The zero-order valence-electron chi connectivity index (χ0n) is 16.2. The van der Waals surface area contributed by atoms with Crippen LogP contribution in [-0.4, -0.2) is 18.8 Å². The molecule has 2 aliphatic heterocycles. The zero-order valence-corrected chi connectivity index (χ0v) is 18.5. The molecule has 0 N–H and O–H groups in total. The van der Waals surface area contributed by atoms with E-state index < -0.39 is 23.8 Å². The molecular weight excluding hydrogens is 460 g/mol. The van der Waals surface area contributed by atoms with Gasteiger partial charge in [-0.05, 0) is 48.6 Å². The first-order valence-corrected chi connectivity index (χ1v) is 10.3. The van der Waals surface area contributed by atoms with E-state index in [0.717, 1.165) is 23.2 Å². The quantitative estimate of drug-likeness (QED) is 0.375. The second kappa shape index (κ2) is 7.06. The first-order valence-electron chi connectivity index (χ1n) is 9.15. The fraction of sp³-hybridized carbons (Fsp3) is 0.350. The molecule has 2 heterocycles. The van der Waals surface area contributed by atoms with Crippen molar-refractivity contribution in [2.24, 2.45) is 5.16 Å². The van der Waals surface area contributed by atoms with Crippen LogP contribution in [0.15, 0.2) is 35.5 Å². The number of nitrogens with zero attached hydrogens (tertiary/aromatic N) is 1. The largest absolute Gasteiger partial charge is 0.435 e. The van der Waals surface area contributed by atoms with E-state index in [1.54, 1.807) is 6.07 Å². The Bertz CT molecular complexity index is 1050. The van der Waals surface area contributed by atoms with Gasteiger partial charge in [0.15, 0.2) is 0 Å². The van der Waals surface area contributed by atoms with Crippen LogP contribution in [0.25, 0.3) is 0 Å². The van der Waals surface area contributed by atoms with Gasteiger partial charge in [0, 0.05) is 12.0 Å². The van der Waals surface area contributed by atoms with Gasteiger partial charge in [0.05, 0.1) is 26.4 Å². The first kappa shape index (κ1) is 21.8. The van der Waals surface area contributed by atoms with Gasteiger partial charge in [-0.25, -0.2) is 0 Å². The van der Waals surface area contributed by atoms with E-state index in [1.165, 1.54) is 0 Å². The molecule has 0 aliphatic carbocycles. The highest BCUT2D eigenvalue weighted by atomic mass is 35.5. The van der Waals surface area contributed by atoms with Crippen LogP contribution in [0.3, 0.4) is 0 Å². The predicted molar refractivity (Wildman–Crippen MR) is 113 cm³/mol. The molecule has 0 saturated heterocycles. The molecule has 0 aromatic heterocycles. The van der Waals surface area contributed by atoms with Crippen LogP contribution in [0.2, 0.25) is 21.9 Å². The Morgan fingerprint density at radius 3 is 2.30 bits per heavy atom. The van der Waals surface area contributed by atoms with Crippen LogP contribution in [0.1, 0.15) is 37.0 Å². The Hall–Kier alpha value is -1.41. The minimum Gasteiger partial charge on any atom is -0.422 e. The fourth-order valence-corrected chi connectivity index (χ4v) is 4.62. The Labute approximate surface area is 187 Å². The van der Waals surface area contributed by atoms with Gasteiger partial charge in [0.2, 0.25) is 0 Å². The number of fused-ring (bicyclic) bond motifs is 1. The van der Waals surface area contributed by atoms with Gasteiger partial charge in [-0.1, -0.05) is 58.9 Å². The van der Waals surface area contributed by atoms with E-state index >= 15 is 0 Å². The number of hydrogen-bond acceptors (Lipinski definition) is 3. The maximum Gasteiger partial charge on any atom is 0.435 e. The standard InChI is InChI=1S/C20H16BCl3F3NO2/c1-18(2)12-6-10(4-5-13(12)21(3)29-18)16-9-19(30-28-16,20(25,26)27)11-7-14(22)17(24)15(23)8-11/h4-8H,9H2,1-3H3/t19-/m0/s1. The number of oxime groups is 1. The zero-order chi connectivity index (χ0) is 22.1. The van der Waals surface area contributed by atoms with E-state index in [4.69, 9.17) is 44.3 Å². The third-order valence-electron chi connectivity index (χ3n) is 5.58. The predicted octanol–water partition coefficient (Wildman–Crippen LogP) is 6.32. The summed E-state index contributed by atoms with van der Waals surface area (Å²) in [4.78, 5) is 5.07. The van der Waals surface area contributed by atoms with E-state index in [1.807, 2.05) is 32.8 Å². The van der Waals surface area contributed by atoms with Crippen LogP contribution in [-0.2, 0) is 20.7 Å². The van der Waals surface area contributed by atoms with Crippen molar-refractivity contribution < 1.29 is 22.7 Å². The summed E-state index contributed by atoms with van der Waals surface area (Å²) in [5, 5.41) is 3.61. The summed E-state index contributed by atoms with van der Waals surface area (Å²) < 4.78 is 48.6. The highest BCUT2D eigenvalue weighted by Crippen LogP contribution is 2.50. The van der Waals surface area contributed by atoms with Crippen molar-refractivity contribution in [2.45, 2.75) is 44.5 Å². The number of benzene rings is 2. The van der Waals surface area contributed by atoms with E-state index in [2.05, 4.69) is 5.16 Å². The maximum atomic E-state index is 14.2. The highest BCUT2D eigenvalue weighted by molar-refractivity contribution is 6.67. The number of hydrogen-bond donors (Lipinski definition) is 0. The van der Waals surface area contributed by atoms with Gasteiger partial charge in [-0.3, -0.25) is 0 Å². The Kier molecular flexibility index (Phi) is 5.13. The van der Waals surface area contributed by atoms with Crippen LogP contribution in [0, 0.1) is 0 Å². The monoisotopic (exact) mass is 475 g/mol. The third kappa shape index (κ3) is 3.31. The van der Waals surface area contributed by atoms with Crippen molar-refractivity contribution in [3.8, 4) is 0 Å². The molecule has 0 radical (unpaired) electrons. The van der Waals surface area contributed by atoms with Gasteiger partial charge in [0.1, 0.15) is 0 Å². The molecule has 0 saturated carbocycles. The lowest BCUT2D eigenvalue weighted by atomic mass is 9.64. The van der Waals surface area contributed by atoms with Gasteiger partial charge in [-0.2, -0.15) is 13.2 Å². The molecule has 0 bridgehead atoms. The van der Waals surface area contributed by atoms with E-state index in [9.17, 15) is 13.2 Å². The summed E-state index contributed by atoms with van der Waals surface area (Å²) in [6.45, 7) is 5.68. The molecule has 0 fully saturated rings. The summed E-state index contributed by atoms with van der Waals surface area (Å²) in [6.07, 6.45) is -5.30. The number of rotatable bonds is 2. The Morgan fingerprint density at radius 2 is 1.70 bits per heavy atom. The van der Waals surface area contributed by atoms with Crippen molar-refractivity contribution in [1.82, 2.24) is 0 Å². The van der Waals surface area contributed by atoms with Crippen molar-refractivity contribution in [3.63, 3.8) is 0 Å². The second-order valence-electron chi connectivity index (χ2n) is 7.96. The fourth-order valence-electron chi connectivity index (χ4n) is 4.03. The van der Waals surface area contributed by atoms with Crippen molar-refractivity contribution in [2.75, 3.05) is 0 Å². The van der Waals surface area contributed by atoms with Gasteiger partial charge < -0.3 is 9.49 Å². The molecule has 0 amide bonds. The minimum atomic E-state index is -4.77. The molecular formula is C20H16BCl3F3NO2. The highest BCUT2D eigenvalue weighted by Gasteiger charge is 2.62. The molecule has 158 valence electrons. The minimum absolute atomic E-state index is 0.0199. The first-order chi connectivity index (χ1) is 13.9. The summed E-state index contributed by atoms with van der Waals surface area (Å²) in [7, 11) is 0. The number of alkyl halides is 3. The normalized spacial score (nSPS) is 22.7. The third-order valence-corrected chi connectivity index (χ3v) is 6.78. The van der Waals surface area contributed by atoms with E-state index in [-0.39, 0.29) is 33.3 Å². The lowest BCUT2D eigenvalue weighted by Gasteiger charge is -2.30. The second-order valence-corrected chi connectivity index (χ2v) is 9.15. The molecule has 2 aliphatic rings. The molecule has 10 heteroatoms. The molecule has 2 aromatic rings.